The lowest BCUT2D eigenvalue weighted by Gasteiger charge is -2.32. The van der Waals surface area contributed by atoms with Crippen LogP contribution in [0, 0.1) is 0 Å². The van der Waals surface area contributed by atoms with E-state index in [1.165, 1.54) is 23.2 Å². The Morgan fingerprint density at radius 3 is 2.64 bits per heavy atom. The minimum absolute atomic E-state index is 0.104. The molecule has 0 saturated carbocycles. The van der Waals surface area contributed by atoms with Crippen molar-refractivity contribution in [3.63, 3.8) is 0 Å². The molecule has 7 nitrogen and oxygen atoms in total. The van der Waals surface area contributed by atoms with Crippen molar-refractivity contribution in [2.75, 3.05) is 6.61 Å². The van der Waals surface area contributed by atoms with Crippen LogP contribution < -0.4 is 5.32 Å². The molecule has 2 heterocycles. The van der Waals surface area contributed by atoms with Crippen molar-refractivity contribution in [2.24, 2.45) is 0 Å². The third kappa shape index (κ3) is 4.52. The maximum Gasteiger partial charge on any atom is 0.308 e. The molecule has 8 heteroatoms. The lowest BCUT2D eigenvalue weighted by atomic mass is 9.94. The van der Waals surface area contributed by atoms with E-state index in [0.717, 1.165) is 11.1 Å². The fourth-order valence-electron chi connectivity index (χ4n) is 2.91. The van der Waals surface area contributed by atoms with Gasteiger partial charge in [-0.1, -0.05) is 30.3 Å². The van der Waals surface area contributed by atoms with E-state index in [0.29, 0.717) is 4.88 Å². The smallest absolute Gasteiger partial charge is 0.308 e. The molecule has 0 aliphatic carbocycles. The second-order valence-electron chi connectivity index (χ2n) is 6.11. The third-order valence-corrected chi connectivity index (χ3v) is 5.06. The predicted molar refractivity (Wildman–Crippen MR) is 103 cm³/mol. The molecule has 2 aromatic rings. The number of hydrogen-bond acceptors (Lipinski definition) is 6. The Balaban J connectivity index is 1.58. The van der Waals surface area contributed by atoms with Crippen LogP contribution in [0.1, 0.15) is 40.2 Å². The Morgan fingerprint density at radius 2 is 1.93 bits per heavy atom. The normalized spacial score (nSPS) is 14.9. The highest BCUT2D eigenvalue weighted by Gasteiger charge is 2.29. The molecule has 144 valence electrons. The molecule has 1 aromatic carbocycles. The van der Waals surface area contributed by atoms with Gasteiger partial charge < -0.3 is 9.64 Å². The Hall–Kier alpha value is -3.26. The Labute approximate surface area is 165 Å². The average molecular weight is 398 g/mol. The van der Waals surface area contributed by atoms with Gasteiger partial charge in [0, 0.05) is 13.1 Å². The maximum absolute atomic E-state index is 12.3. The molecule has 1 N–H and O–H groups in total. The number of nitrogens with zero attached hydrogens (tertiary/aromatic N) is 1. The highest BCUT2D eigenvalue weighted by Crippen LogP contribution is 2.33. The van der Waals surface area contributed by atoms with Crippen molar-refractivity contribution >= 4 is 41.1 Å². The summed E-state index contributed by atoms with van der Waals surface area (Å²) >= 11 is 1.20. The zero-order valence-electron chi connectivity index (χ0n) is 15.1. The fourth-order valence-corrected chi connectivity index (χ4v) is 3.53. The number of esters is 1. The van der Waals surface area contributed by atoms with E-state index in [4.69, 9.17) is 4.74 Å². The lowest BCUT2D eigenvalue weighted by molar-refractivity contribution is -0.150. The molecule has 0 bridgehead atoms. The monoisotopic (exact) mass is 398 g/mol. The van der Waals surface area contributed by atoms with E-state index in [1.807, 2.05) is 30.3 Å². The summed E-state index contributed by atoms with van der Waals surface area (Å²) in [6.07, 6.45) is 3.34. The first-order valence-corrected chi connectivity index (χ1v) is 9.43. The molecule has 0 fully saturated rings. The van der Waals surface area contributed by atoms with Gasteiger partial charge in [0.1, 0.15) is 0 Å². The van der Waals surface area contributed by atoms with Crippen molar-refractivity contribution in [3.05, 3.63) is 64.0 Å². The highest BCUT2D eigenvalue weighted by molar-refractivity contribution is 7.12. The van der Waals surface area contributed by atoms with Gasteiger partial charge in [-0.25, -0.2) is 0 Å². The summed E-state index contributed by atoms with van der Waals surface area (Å²) in [6.45, 7) is 0.848. The molecule has 3 rings (SSSR count). The van der Waals surface area contributed by atoms with Crippen LogP contribution in [0.4, 0.5) is 0 Å². The molecule has 0 spiro atoms. The Morgan fingerprint density at radius 1 is 1.14 bits per heavy atom. The van der Waals surface area contributed by atoms with Crippen LogP contribution in [0.15, 0.2) is 48.0 Å². The minimum Gasteiger partial charge on any atom is -0.455 e. The van der Waals surface area contributed by atoms with Crippen LogP contribution in [0.5, 0.6) is 0 Å². The molecule has 1 aromatic heterocycles. The molecule has 1 aliphatic rings. The van der Waals surface area contributed by atoms with E-state index < -0.39 is 30.4 Å². The van der Waals surface area contributed by atoms with E-state index in [1.54, 1.807) is 23.7 Å². The van der Waals surface area contributed by atoms with Crippen molar-refractivity contribution in [2.45, 2.75) is 19.4 Å². The summed E-state index contributed by atoms with van der Waals surface area (Å²) in [5.74, 6) is -2.09. The second-order valence-corrected chi connectivity index (χ2v) is 7.05. The van der Waals surface area contributed by atoms with Gasteiger partial charge in [0.2, 0.25) is 5.91 Å². The molecular weight excluding hydrogens is 380 g/mol. The van der Waals surface area contributed by atoms with E-state index >= 15 is 0 Å². The molecule has 1 atom stereocenters. The molecule has 3 amide bonds. The predicted octanol–water partition coefficient (Wildman–Crippen LogP) is 2.51. The second kappa shape index (κ2) is 8.62. The summed E-state index contributed by atoms with van der Waals surface area (Å²) in [4.78, 5) is 49.7. The number of carbonyl (C=O) groups excluding carboxylic acids is 4. The van der Waals surface area contributed by atoms with Crippen LogP contribution >= 0.6 is 11.3 Å². The number of imide groups is 1. The largest absolute Gasteiger partial charge is 0.455 e. The number of carbonyl (C=O) groups is 4. The number of nitrogens with one attached hydrogen (secondary N) is 1. The van der Waals surface area contributed by atoms with Gasteiger partial charge in [0.15, 0.2) is 6.61 Å². The van der Waals surface area contributed by atoms with Crippen molar-refractivity contribution in [3.8, 4) is 0 Å². The minimum atomic E-state index is -0.709. The highest BCUT2D eigenvalue weighted by atomic mass is 32.1. The van der Waals surface area contributed by atoms with Gasteiger partial charge in [-0.15, -0.1) is 11.3 Å². The Bertz CT molecular complexity index is 936. The number of rotatable bonds is 5. The SMILES string of the molecule is CC(=O)N1C=Cc2ccccc2[C@H]1CC(=O)OCC(=O)NC(=O)c1cccs1. The van der Waals surface area contributed by atoms with Gasteiger partial charge in [0.25, 0.3) is 11.8 Å². The number of fused-ring (bicyclic) bond motifs is 1. The number of benzene rings is 1. The summed E-state index contributed by atoms with van der Waals surface area (Å²) in [5, 5.41) is 3.88. The topological polar surface area (TPSA) is 92.8 Å². The van der Waals surface area contributed by atoms with Crippen LogP contribution in [-0.2, 0) is 19.1 Å². The molecule has 0 radical (unpaired) electrons. The molecular formula is C20H18N2O5S. The fraction of sp³-hybridized carbons (Fsp3) is 0.200. The van der Waals surface area contributed by atoms with Gasteiger partial charge in [-0.05, 0) is 28.6 Å². The Kier molecular flexibility index (Phi) is 6.00. The number of ether oxygens (including phenoxy) is 1. The van der Waals surface area contributed by atoms with Crippen LogP contribution in [0.3, 0.4) is 0 Å². The van der Waals surface area contributed by atoms with E-state index in [-0.39, 0.29) is 12.3 Å². The van der Waals surface area contributed by atoms with Crippen LogP contribution in [0.2, 0.25) is 0 Å². The first-order chi connectivity index (χ1) is 13.5. The zero-order valence-corrected chi connectivity index (χ0v) is 15.9. The van der Waals surface area contributed by atoms with Crippen molar-refractivity contribution in [1.29, 1.82) is 0 Å². The summed E-state index contributed by atoms with van der Waals surface area (Å²) in [5.41, 5.74) is 1.74. The molecule has 28 heavy (non-hydrogen) atoms. The van der Waals surface area contributed by atoms with Crippen LogP contribution in [0.25, 0.3) is 6.08 Å². The quantitative estimate of drug-likeness (QED) is 0.782. The summed E-state index contributed by atoms with van der Waals surface area (Å²) in [7, 11) is 0. The van der Waals surface area contributed by atoms with E-state index in [2.05, 4.69) is 5.32 Å². The maximum atomic E-state index is 12.3. The van der Waals surface area contributed by atoms with E-state index in [9.17, 15) is 19.2 Å². The van der Waals surface area contributed by atoms with Gasteiger partial charge in [-0.3, -0.25) is 24.5 Å². The summed E-state index contributed by atoms with van der Waals surface area (Å²) < 4.78 is 5.01. The van der Waals surface area contributed by atoms with Gasteiger partial charge in [-0.2, -0.15) is 0 Å². The molecule has 0 saturated heterocycles. The number of thiophene rings is 1. The average Bonchev–Trinajstić information content (AvgIpc) is 3.21. The summed E-state index contributed by atoms with van der Waals surface area (Å²) in [6, 6.07) is 10.2. The van der Waals surface area contributed by atoms with Crippen molar-refractivity contribution in [1.82, 2.24) is 10.2 Å². The first-order valence-electron chi connectivity index (χ1n) is 8.55. The van der Waals surface area contributed by atoms with Crippen LogP contribution in [-0.4, -0.2) is 35.2 Å². The van der Waals surface area contributed by atoms with Crippen molar-refractivity contribution < 1.29 is 23.9 Å². The lowest BCUT2D eigenvalue weighted by Crippen LogP contribution is -2.35. The molecule has 0 unspecified atom stereocenters. The number of amides is 3. The molecule has 1 aliphatic heterocycles. The standard InChI is InChI=1S/C20H18N2O5S/c1-13(23)22-9-8-14-5-2-3-6-15(14)16(22)11-19(25)27-12-18(24)21-20(26)17-7-4-10-28-17/h2-10,16H,11-12H2,1H3,(H,21,24,26)/t16-/m1/s1. The zero-order chi connectivity index (χ0) is 20.1. The van der Waals surface area contributed by atoms with Gasteiger partial charge >= 0.3 is 5.97 Å². The first kappa shape index (κ1) is 19.5. The van der Waals surface area contributed by atoms with Gasteiger partial charge in [0.05, 0.1) is 17.3 Å². The number of hydrogen-bond donors (Lipinski definition) is 1. The third-order valence-electron chi connectivity index (χ3n) is 4.19.